The number of nitrogens with two attached hydrogens (primary N) is 1. The number of aromatic nitrogens is 2. The van der Waals surface area contributed by atoms with Crippen LogP contribution in [0.2, 0.25) is 5.02 Å². The Morgan fingerprint density at radius 1 is 1.37 bits per heavy atom. The number of aromatic amines is 1. The summed E-state index contributed by atoms with van der Waals surface area (Å²) in [6, 6.07) is 9.50. The maximum absolute atomic E-state index is 11.4. The molecule has 3 heterocycles. The SMILES string of the molecule is CCc1oc(C(N)=O)cc1CN1CCc2[nH]nc(-c3ccc(Cl)cc3)c2C1. The molecule has 27 heavy (non-hydrogen) atoms. The summed E-state index contributed by atoms with van der Waals surface area (Å²) in [5.41, 5.74) is 10.8. The van der Waals surface area contributed by atoms with E-state index in [4.69, 9.17) is 21.8 Å². The minimum absolute atomic E-state index is 0.227. The van der Waals surface area contributed by atoms with Gasteiger partial charge in [-0.05, 0) is 18.2 Å². The van der Waals surface area contributed by atoms with Gasteiger partial charge < -0.3 is 10.2 Å². The predicted molar refractivity (Wildman–Crippen MR) is 103 cm³/mol. The fraction of sp³-hybridized carbons (Fsp3) is 0.300. The van der Waals surface area contributed by atoms with Crippen molar-refractivity contribution in [1.29, 1.82) is 0 Å². The summed E-state index contributed by atoms with van der Waals surface area (Å²) >= 11 is 6.00. The van der Waals surface area contributed by atoms with E-state index < -0.39 is 5.91 Å². The van der Waals surface area contributed by atoms with Gasteiger partial charge in [-0.25, -0.2) is 0 Å². The smallest absolute Gasteiger partial charge is 0.284 e. The van der Waals surface area contributed by atoms with Crippen LogP contribution in [0.1, 0.15) is 40.1 Å². The lowest BCUT2D eigenvalue weighted by atomic mass is 10.0. The normalized spacial score (nSPS) is 14.3. The Kier molecular flexibility index (Phi) is 4.76. The van der Waals surface area contributed by atoms with Crippen LogP contribution >= 0.6 is 11.6 Å². The molecule has 3 aromatic rings. The molecular weight excluding hydrogens is 364 g/mol. The lowest BCUT2D eigenvalue weighted by Gasteiger charge is -2.27. The lowest BCUT2D eigenvalue weighted by Crippen LogP contribution is -2.30. The molecule has 0 unspecified atom stereocenters. The number of halogens is 1. The fourth-order valence-electron chi connectivity index (χ4n) is 3.59. The standard InChI is InChI=1S/C20H21ClN4O2/c1-2-17-13(9-18(27-17)20(22)26)10-25-8-7-16-15(11-25)19(24-23-16)12-3-5-14(21)6-4-12/h3-6,9H,2,7-8,10-11H2,1H3,(H2,22,26)(H,23,24). The number of carbonyl (C=O) groups excluding carboxylic acids is 1. The summed E-state index contributed by atoms with van der Waals surface area (Å²) in [6.07, 6.45) is 1.63. The highest BCUT2D eigenvalue weighted by Gasteiger charge is 2.24. The number of hydrogen-bond donors (Lipinski definition) is 2. The third-order valence-corrected chi connectivity index (χ3v) is 5.24. The van der Waals surface area contributed by atoms with Crippen molar-refractivity contribution in [1.82, 2.24) is 15.1 Å². The summed E-state index contributed by atoms with van der Waals surface area (Å²) in [7, 11) is 0. The van der Waals surface area contributed by atoms with Gasteiger partial charge in [-0.15, -0.1) is 0 Å². The number of hydrogen-bond acceptors (Lipinski definition) is 4. The molecule has 1 amide bonds. The van der Waals surface area contributed by atoms with Gasteiger partial charge >= 0.3 is 0 Å². The van der Waals surface area contributed by atoms with E-state index in [1.165, 1.54) is 11.3 Å². The van der Waals surface area contributed by atoms with Crippen LogP contribution in [0.5, 0.6) is 0 Å². The van der Waals surface area contributed by atoms with Crippen molar-refractivity contribution in [2.24, 2.45) is 5.73 Å². The molecule has 0 radical (unpaired) electrons. The van der Waals surface area contributed by atoms with Gasteiger partial charge in [0.1, 0.15) is 5.76 Å². The zero-order valence-corrected chi connectivity index (χ0v) is 15.8. The predicted octanol–water partition coefficient (Wildman–Crippen LogP) is 3.54. The topological polar surface area (TPSA) is 88.1 Å². The van der Waals surface area contributed by atoms with Gasteiger partial charge in [-0.2, -0.15) is 5.10 Å². The minimum atomic E-state index is -0.531. The van der Waals surface area contributed by atoms with Gasteiger partial charge in [0.15, 0.2) is 5.76 Å². The van der Waals surface area contributed by atoms with Crippen LogP contribution < -0.4 is 5.73 Å². The number of rotatable bonds is 5. The van der Waals surface area contributed by atoms with Crippen molar-refractivity contribution in [2.75, 3.05) is 6.54 Å². The Labute approximate surface area is 162 Å². The molecule has 0 fully saturated rings. The van der Waals surface area contributed by atoms with Gasteiger partial charge in [0, 0.05) is 59.9 Å². The average molecular weight is 385 g/mol. The van der Waals surface area contributed by atoms with Crippen LogP contribution in [0.15, 0.2) is 34.7 Å². The van der Waals surface area contributed by atoms with Crippen molar-refractivity contribution < 1.29 is 9.21 Å². The van der Waals surface area contributed by atoms with Crippen molar-refractivity contribution in [3.8, 4) is 11.3 Å². The van der Waals surface area contributed by atoms with E-state index in [2.05, 4.69) is 15.1 Å². The lowest BCUT2D eigenvalue weighted by molar-refractivity contribution is 0.0972. The fourth-order valence-corrected chi connectivity index (χ4v) is 3.72. The van der Waals surface area contributed by atoms with Crippen molar-refractivity contribution in [3.63, 3.8) is 0 Å². The molecule has 1 aliphatic heterocycles. The molecule has 6 nitrogen and oxygen atoms in total. The number of H-pyrrole nitrogens is 1. The third kappa shape index (κ3) is 3.50. The largest absolute Gasteiger partial charge is 0.456 e. The number of primary amides is 1. The average Bonchev–Trinajstić information content (AvgIpc) is 3.26. The molecule has 4 rings (SSSR count). The highest BCUT2D eigenvalue weighted by molar-refractivity contribution is 6.30. The Hall–Kier alpha value is -2.57. The molecule has 0 spiro atoms. The van der Waals surface area contributed by atoms with Gasteiger partial charge in [0.25, 0.3) is 5.91 Å². The first-order chi connectivity index (χ1) is 13.0. The van der Waals surface area contributed by atoms with E-state index in [-0.39, 0.29) is 5.76 Å². The molecule has 0 aliphatic carbocycles. The van der Waals surface area contributed by atoms with Crippen molar-refractivity contribution >= 4 is 17.5 Å². The van der Waals surface area contributed by atoms with E-state index in [0.717, 1.165) is 48.5 Å². The Balaban J connectivity index is 1.57. The van der Waals surface area contributed by atoms with Crippen LogP contribution in [0, 0.1) is 0 Å². The number of furan rings is 1. The number of nitrogens with one attached hydrogen (secondary N) is 1. The summed E-state index contributed by atoms with van der Waals surface area (Å²) < 4.78 is 5.59. The molecule has 0 saturated heterocycles. The number of benzene rings is 1. The zero-order valence-electron chi connectivity index (χ0n) is 15.1. The van der Waals surface area contributed by atoms with Crippen molar-refractivity contribution in [2.45, 2.75) is 32.9 Å². The molecule has 1 aliphatic rings. The number of aryl methyl sites for hydroxylation is 1. The molecule has 3 N–H and O–H groups in total. The quantitative estimate of drug-likeness (QED) is 0.704. The molecule has 0 bridgehead atoms. The highest BCUT2D eigenvalue weighted by atomic mass is 35.5. The summed E-state index contributed by atoms with van der Waals surface area (Å²) in [5, 5.41) is 8.41. The van der Waals surface area contributed by atoms with Gasteiger partial charge in [0.05, 0.1) is 5.69 Å². The van der Waals surface area contributed by atoms with E-state index in [9.17, 15) is 4.79 Å². The second kappa shape index (κ2) is 7.21. The Bertz CT molecular complexity index is 975. The number of nitrogens with zero attached hydrogens (tertiary/aromatic N) is 2. The van der Waals surface area contributed by atoms with Crippen LogP contribution in [-0.2, 0) is 25.9 Å². The van der Waals surface area contributed by atoms with Crippen LogP contribution in [-0.4, -0.2) is 27.5 Å². The number of amides is 1. The van der Waals surface area contributed by atoms with E-state index in [0.29, 0.717) is 11.6 Å². The summed E-state index contributed by atoms with van der Waals surface area (Å²) in [5.74, 6) is 0.515. The van der Waals surface area contributed by atoms with Crippen LogP contribution in [0.25, 0.3) is 11.3 Å². The van der Waals surface area contributed by atoms with Gasteiger partial charge in [0.2, 0.25) is 0 Å². The Morgan fingerprint density at radius 2 is 2.15 bits per heavy atom. The first kappa shape index (κ1) is 17.8. The summed E-state index contributed by atoms with van der Waals surface area (Å²) in [4.78, 5) is 13.8. The third-order valence-electron chi connectivity index (χ3n) is 4.98. The van der Waals surface area contributed by atoms with Crippen LogP contribution in [0.4, 0.5) is 0 Å². The monoisotopic (exact) mass is 384 g/mol. The van der Waals surface area contributed by atoms with Crippen molar-refractivity contribution in [3.05, 3.63) is 63.7 Å². The maximum Gasteiger partial charge on any atom is 0.284 e. The molecule has 140 valence electrons. The Morgan fingerprint density at radius 3 is 2.85 bits per heavy atom. The highest BCUT2D eigenvalue weighted by Crippen LogP contribution is 2.30. The first-order valence-electron chi connectivity index (χ1n) is 9.01. The molecular formula is C20H21ClN4O2. The maximum atomic E-state index is 11.4. The van der Waals surface area contributed by atoms with Crippen LogP contribution in [0.3, 0.4) is 0 Å². The van der Waals surface area contributed by atoms with E-state index >= 15 is 0 Å². The molecule has 0 saturated carbocycles. The zero-order chi connectivity index (χ0) is 19.0. The number of fused-ring (bicyclic) bond motifs is 1. The second-order valence-electron chi connectivity index (χ2n) is 6.77. The van der Waals surface area contributed by atoms with Gasteiger partial charge in [-0.3, -0.25) is 14.8 Å². The van der Waals surface area contributed by atoms with Gasteiger partial charge in [-0.1, -0.05) is 30.7 Å². The minimum Gasteiger partial charge on any atom is -0.456 e. The molecule has 7 heteroatoms. The first-order valence-corrected chi connectivity index (χ1v) is 9.38. The molecule has 0 atom stereocenters. The number of carbonyl (C=O) groups is 1. The second-order valence-corrected chi connectivity index (χ2v) is 7.21. The van der Waals surface area contributed by atoms with E-state index in [1.807, 2.05) is 31.2 Å². The molecule has 1 aromatic carbocycles. The summed E-state index contributed by atoms with van der Waals surface area (Å²) in [6.45, 7) is 4.42. The van der Waals surface area contributed by atoms with E-state index in [1.54, 1.807) is 6.07 Å². The molecule has 2 aromatic heterocycles.